The van der Waals surface area contributed by atoms with E-state index in [-0.39, 0.29) is 12.4 Å². The molecule has 0 bridgehead atoms. The lowest BCUT2D eigenvalue weighted by atomic mass is 10.1. The highest BCUT2D eigenvalue weighted by molar-refractivity contribution is 5.77. The number of hydrogen-bond acceptors (Lipinski definition) is 9. The zero-order valence-corrected chi connectivity index (χ0v) is 18.6. The molecule has 0 N–H and O–H groups in total. The maximum absolute atomic E-state index is 12.0. The van der Waals surface area contributed by atoms with Crippen LogP contribution >= 0.6 is 0 Å². The van der Waals surface area contributed by atoms with Crippen LogP contribution < -0.4 is 23.7 Å². The van der Waals surface area contributed by atoms with Gasteiger partial charge in [-0.05, 0) is 35.4 Å². The maximum atomic E-state index is 12.0. The number of carbonyl (C=O) groups is 2. The molecule has 0 heterocycles. The number of methoxy groups -OCH3 is 5. The summed E-state index contributed by atoms with van der Waals surface area (Å²) >= 11 is 0. The van der Waals surface area contributed by atoms with Gasteiger partial charge >= 0.3 is 11.9 Å². The van der Waals surface area contributed by atoms with Gasteiger partial charge in [0.25, 0.3) is 0 Å². The summed E-state index contributed by atoms with van der Waals surface area (Å²) in [6.45, 7) is -0.760. The van der Waals surface area contributed by atoms with Gasteiger partial charge in [0.05, 0.1) is 35.5 Å². The second-order valence-corrected chi connectivity index (χ2v) is 6.25. The van der Waals surface area contributed by atoms with Crippen LogP contribution in [0.3, 0.4) is 0 Å². The number of benzene rings is 2. The van der Waals surface area contributed by atoms with Crippen molar-refractivity contribution >= 4 is 24.1 Å². The lowest BCUT2D eigenvalue weighted by Crippen LogP contribution is -2.19. The summed E-state index contributed by atoms with van der Waals surface area (Å²) in [6, 6.07) is 8.73. The average Bonchev–Trinajstić information content (AvgIpc) is 2.81. The normalized spacial score (nSPS) is 10.5. The maximum Gasteiger partial charge on any atom is 0.337 e. The van der Waals surface area contributed by atoms with Gasteiger partial charge < -0.3 is 33.2 Å². The number of carbonyl (C=O) groups excluding carboxylic acids is 2. The molecular formula is C23H26O9. The van der Waals surface area contributed by atoms with Crippen LogP contribution in [0.1, 0.15) is 11.1 Å². The molecule has 0 amide bonds. The van der Waals surface area contributed by atoms with Crippen molar-refractivity contribution in [1.29, 1.82) is 0 Å². The number of hydrogen-bond donors (Lipinski definition) is 0. The van der Waals surface area contributed by atoms with Gasteiger partial charge in [-0.25, -0.2) is 9.59 Å². The fourth-order valence-corrected chi connectivity index (χ4v) is 2.70. The molecule has 0 spiro atoms. The van der Waals surface area contributed by atoms with Crippen molar-refractivity contribution in [3.05, 3.63) is 41.5 Å². The summed E-state index contributed by atoms with van der Waals surface area (Å²) in [5, 5.41) is 0. The summed E-state index contributed by atoms with van der Waals surface area (Å²) in [5.41, 5.74) is 1.56. The quantitative estimate of drug-likeness (QED) is 0.293. The van der Waals surface area contributed by atoms with Gasteiger partial charge in [-0.15, -0.1) is 0 Å². The number of rotatable bonds is 11. The van der Waals surface area contributed by atoms with E-state index in [4.69, 9.17) is 28.4 Å². The third-order valence-corrected chi connectivity index (χ3v) is 4.23. The molecule has 0 saturated carbocycles. The molecule has 0 aliphatic rings. The second-order valence-electron chi connectivity index (χ2n) is 6.25. The SMILES string of the molecule is COC(=O)COCC(=O)Oc1cc(/C=C/c2cc(OC)c(OC)c(OC)c2)ccc1OC. The van der Waals surface area contributed by atoms with Gasteiger partial charge in [0.15, 0.2) is 23.0 Å². The molecule has 2 aromatic carbocycles. The van der Waals surface area contributed by atoms with Gasteiger partial charge in [-0.3, -0.25) is 0 Å². The van der Waals surface area contributed by atoms with Crippen LogP contribution in [0.2, 0.25) is 0 Å². The summed E-state index contributed by atoms with van der Waals surface area (Å²) in [5.74, 6) is 0.876. The molecule has 0 fully saturated rings. The van der Waals surface area contributed by atoms with E-state index in [0.717, 1.165) is 11.1 Å². The van der Waals surface area contributed by atoms with Crippen molar-refractivity contribution in [2.24, 2.45) is 0 Å². The summed E-state index contributed by atoms with van der Waals surface area (Å²) in [7, 11) is 7.32. The molecule has 172 valence electrons. The van der Waals surface area contributed by atoms with E-state index < -0.39 is 18.5 Å². The molecule has 0 saturated heterocycles. The smallest absolute Gasteiger partial charge is 0.337 e. The Kier molecular flexibility index (Phi) is 9.37. The van der Waals surface area contributed by atoms with E-state index in [1.807, 2.05) is 12.2 Å². The van der Waals surface area contributed by atoms with Gasteiger partial charge in [-0.2, -0.15) is 0 Å². The first-order chi connectivity index (χ1) is 15.4. The van der Waals surface area contributed by atoms with Crippen molar-refractivity contribution in [3.63, 3.8) is 0 Å². The van der Waals surface area contributed by atoms with Crippen LogP contribution in [0, 0.1) is 0 Å². The Hall–Kier alpha value is -3.72. The zero-order chi connectivity index (χ0) is 23.5. The summed E-state index contributed by atoms with van der Waals surface area (Å²) < 4.78 is 36.0. The number of esters is 2. The van der Waals surface area contributed by atoms with Gasteiger partial charge in [0.1, 0.15) is 13.2 Å². The Labute approximate surface area is 186 Å². The van der Waals surface area contributed by atoms with Crippen molar-refractivity contribution in [3.8, 4) is 28.7 Å². The zero-order valence-electron chi connectivity index (χ0n) is 18.6. The minimum Gasteiger partial charge on any atom is -0.493 e. The van der Waals surface area contributed by atoms with Crippen molar-refractivity contribution in [2.75, 3.05) is 48.8 Å². The molecule has 2 rings (SSSR count). The Morgan fingerprint density at radius 1 is 0.688 bits per heavy atom. The lowest BCUT2D eigenvalue weighted by Gasteiger charge is -2.13. The van der Waals surface area contributed by atoms with E-state index >= 15 is 0 Å². The molecule has 0 unspecified atom stereocenters. The molecule has 9 heteroatoms. The van der Waals surface area contributed by atoms with Crippen molar-refractivity contribution < 1.29 is 42.7 Å². The highest BCUT2D eigenvalue weighted by Gasteiger charge is 2.13. The largest absolute Gasteiger partial charge is 0.493 e. The Morgan fingerprint density at radius 2 is 1.25 bits per heavy atom. The first-order valence-electron chi connectivity index (χ1n) is 9.47. The molecule has 0 aromatic heterocycles. The van der Waals surface area contributed by atoms with Crippen LogP contribution in [0.4, 0.5) is 0 Å². The van der Waals surface area contributed by atoms with E-state index in [0.29, 0.717) is 23.0 Å². The van der Waals surface area contributed by atoms with Gasteiger partial charge in [0.2, 0.25) is 5.75 Å². The monoisotopic (exact) mass is 446 g/mol. The highest BCUT2D eigenvalue weighted by Crippen LogP contribution is 2.38. The molecular weight excluding hydrogens is 420 g/mol. The van der Waals surface area contributed by atoms with Crippen molar-refractivity contribution in [2.45, 2.75) is 0 Å². The molecule has 32 heavy (non-hydrogen) atoms. The Bertz CT molecular complexity index is 941. The van der Waals surface area contributed by atoms with Crippen LogP contribution in [0.15, 0.2) is 30.3 Å². The van der Waals surface area contributed by atoms with Crippen molar-refractivity contribution in [1.82, 2.24) is 0 Å². The molecule has 0 aliphatic carbocycles. The van der Waals surface area contributed by atoms with Gasteiger partial charge in [0, 0.05) is 0 Å². The molecule has 0 atom stereocenters. The van der Waals surface area contributed by atoms with Crippen LogP contribution in [0.5, 0.6) is 28.7 Å². The highest BCUT2D eigenvalue weighted by atomic mass is 16.6. The van der Waals surface area contributed by atoms with E-state index in [9.17, 15) is 9.59 Å². The van der Waals surface area contributed by atoms with E-state index in [1.165, 1.54) is 21.3 Å². The minimum absolute atomic E-state index is 0.214. The van der Waals surface area contributed by atoms with E-state index in [1.54, 1.807) is 44.6 Å². The standard InChI is InChI=1S/C23H26O9/c1-26-17-9-8-15(10-18(17)32-22(25)14-31-13-21(24)29-4)6-7-16-11-19(27-2)23(30-5)20(12-16)28-3/h6-12H,13-14H2,1-5H3/b7-6+. The second kappa shape index (κ2) is 12.2. The minimum atomic E-state index is -0.682. The molecule has 9 nitrogen and oxygen atoms in total. The predicted molar refractivity (Wildman–Crippen MR) is 116 cm³/mol. The summed E-state index contributed by atoms with van der Waals surface area (Å²) in [6.07, 6.45) is 3.67. The molecule has 0 aliphatic heterocycles. The number of ether oxygens (including phenoxy) is 7. The molecule has 0 radical (unpaired) electrons. The Balaban J connectivity index is 2.18. The fraction of sp³-hybridized carbons (Fsp3) is 0.304. The molecule has 2 aromatic rings. The predicted octanol–water partition coefficient (Wildman–Crippen LogP) is 2.99. The topological polar surface area (TPSA) is 98.8 Å². The third-order valence-electron chi connectivity index (χ3n) is 4.23. The van der Waals surface area contributed by atoms with E-state index in [2.05, 4.69) is 4.74 Å². The fourth-order valence-electron chi connectivity index (χ4n) is 2.70. The van der Waals surface area contributed by atoms with Gasteiger partial charge in [-0.1, -0.05) is 18.2 Å². The lowest BCUT2D eigenvalue weighted by molar-refractivity contribution is -0.149. The summed E-state index contributed by atoms with van der Waals surface area (Å²) in [4.78, 5) is 23.1. The van der Waals surface area contributed by atoms with Crippen LogP contribution in [0.25, 0.3) is 12.2 Å². The third kappa shape index (κ3) is 6.64. The first-order valence-corrected chi connectivity index (χ1v) is 9.47. The van der Waals surface area contributed by atoms with Crippen LogP contribution in [-0.4, -0.2) is 60.7 Å². The Morgan fingerprint density at radius 3 is 1.81 bits per heavy atom. The average molecular weight is 446 g/mol. The first kappa shape index (κ1) is 24.5. The van der Waals surface area contributed by atoms with Crippen LogP contribution in [-0.2, 0) is 19.1 Å².